The Morgan fingerprint density at radius 3 is 0.573 bits per heavy atom. The molecular weight excluding hydrogens is 917 g/mol. The van der Waals surface area contributed by atoms with Crippen LogP contribution < -0.4 is 0 Å². The van der Waals surface area contributed by atoms with E-state index in [0.29, 0.717) is 16.6 Å². The number of benzene rings is 3. The van der Waals surface area contributed by atoms with E-state index in [1.54, 1.807) is 0 Å². The molecule has 0 radical (unpaired) electrons. The quantitative estimate of drug-likeness (QED) is 0.131. The minimum absolute atomic E-state index is 0.133. The Morgan fingerprint density at radius 2 is 0.400 bits per heavy atom. The summed E-state index contributed by atoms with van der Waals surface area (Å²) < 4.78 is 0. The molecule has 0 aliphatic carbocycles. The average molecular weight is 1000 g/mol. The van der Waals surface area contributed by atoms with Gasteiger partial charge in [0.05, 0.1) is 0 Å². The number of rotatable bonds is 6. The molecule has 0 aliphatic rings. The molecule has 0 saturated heterocycles. The zero-order chi connectivity index (χ0) is 56.8. The SMILES string of the molecule is CC(C)[Si](C#CC#CC#CC#CC#CC#CC#CC#CC#CC#CC#CC(c1cc(C(C)(C)C)cc(C(C)(C)C)c1)(c1cc(C(C)(C)C)cc(C(C)(C)C)c1)c1cc(C(C)(C)C)cc(C(C)(C)C)c1)(C(C)C)C(C)C. The standard InChI is InChI=1S/C74H84Si/c1-56(2)75(57(3)4,58(5)6)46-44-42-40-38-36-34-32-30-28-26-25-27-29-31-33-35-37-39-41-43-45-74(65-50-59(68(7,8)9)47-60(51-65)69(10,11)12,66-52-61(70(13,14)15)48-62(53-66)71(16,17)18)67-54-63(72(19,20)21)49-64(55-67)73(22,23)24/h47-58H,1-24H3. The van der Waals surface area contributed by atoms with Gasteiger partial charge in [-0.1, -0.05) is 227 Å². The van der Waals surface area contributed by atoms with Crippen molar-refractivity contribution in [3.63, 3.8) is 0 Å². The fraction of sp³-hybridized carbons (Fsp3) is 0.459. The van der Waals surface area contributed by atoms with Gasteiger partial charge in [-0.3, -0.25) is 0 Å². The molecule has 75 heavy (non-hydrogen) atoms. The molecule has 0 heterocycles. The smallest absolute Gasteiger partial charge is 0.116 e. The van der Waals surface area contributed by atoms with Gasteiger partial charge in [0.25, 0.3) is 0 Å². The third kappa shape index (κ3) is 17.3. The molecular formula is C74H84Si. The summed E-state index contributed by atoms with van der Waals surface area (Å²) in [4.78, 5) is 0. The van der Waals surface area contributed by atoms with Crippen molar-refractivity contribution in [2.24, 2.45) is 0 Å². The highest BCUT2D eigenvalue weighted by Gasteiger charge is 2.42. The second-order valence-corrected chi connectivity index (χ2v) is 32.4. The maximum atomic E-state index is 3.93. The molecule has 1 heteroatoms. The van der Waals surface area contributed by atoms with Crippen molar-refractivity contribution in [1.29, 1.82) is 0 Å². The van der Waals surface area contributed by atoms with Gasteiger partial charge in [-0.2, -0.15) is 0 Å². The van der Waals surface area contributed by atoms with E-state index in [0.717, 1.165) is 16.7 Å². The highest BCUT2D eigenvalue weighted by molar-refractivity contribution is 6.90. The lowest BCUT2D eigenvalue weighted by Crippen LogP contribution is -2.43. The summed E-state index contributed by atoms with van der Waals surface area (Å²) in [6.07, 6.45) is 0. The van der Waals surface area contributed by atoms with Gasteiger partial charge in [-0.25, -0.2) is 0 Å². The summed E-state index contributed by atoms with van der Waals surface area (Å²) in [5.74, 6) is 60.2. The van der Waals surface area contributed by atoms with Crippen LogP contribution in [-0.4, -0.2) is 8.07 Å². The first-order valence-corrected chi connectivity index (χ1v) is 28.8. The summed E-state index contributed by atoms with van der Waals surface area (Å²) in [7, 11) is -1.81. The molecule has 0 bridgehead atoms. The van der Waals surface area contributed by atoms with E-state index < -0.39 is 13.5 Å². The van der Waals surface area contributed by atoms with Crippen LogP contribution in [0.25, 0.3) is 0 Å². The molecule has 0 fully saturated rings. The van der Waals surface area contributed by atoms with Crippen LogP contribution in [0.4, 0.5) is 0 Å². The van der Waals surface area contributed by atoms with Crippen LogP contribution in [0.5, 0.6) is 0 Å². The van der Waals surface area contributed by atoms with E-state index in [2.05, 4.69) is 351 Å². The molecule has 0 saturated carbocycles. The predicted octanol–water partition coefficient (Wildman–Crippen LogP) is 16.1. The van der Waals surface area contributed by atoms with Crippen LogP contribution in [0, 0.1) is 130 Å². The van der Waals surface area contributed by atoms with Gasteiger partial charge in [-0.05, 0) is 194 Å². The molecule has 3 rings (SSSR count). The maximum absolute atomic E-state index is 3.93. The average Bonchev–Trinajstić information content (AvgIpc) is 3.28. The van der Waals surface area contributed by atoms with E-state index in [-0.39, 0.29) is 32.5 Å². The first-order chi connectivity index (χ1) is 34.5. The molecule has 0 nitrogen and oxygen atoms in total. The van der Waals surface area contributed by atoms with Gasteiger partial charge in [0.1, 0.15) is 13.5 Å². The van der Waals surface area contributed by atoms with E-state index in [4.69, 9.17) is 0 Å². The van der Waals surface area contributed by atoms with Crippen LogP contribution in [0.15, 0.2) is 54.6 Å². The molecule has 0 atom stereocenters. The fourth-order valence-corrected chi connectivity index (χ4v) is 14.3. The van der Waals surface area contributed by atoms with Crippen molar-refractivity contribution in [3.8, 4) is 130 Å². The van der Waals surface area contributed by atoms with Gasteiger partial charge >= 0.3 is 0 Å². The Bertz CT molecular complexity index is 3040. The van der Waals surface area contributed by atoms with Crippen molar-refractivity contribution in [3.05, 3.63) is 105 Å². The minimum Gasteiger partial charge on any atom is -0.116 e. The highest BCUT2D eigenvalue weighted by atomic mass is 28.3. The minimum atomic E-state index is -1.81. The Hall–Kier alpha value is -6.96. The molecule has 0 unspecified atom stereocenters. The van der Waals surface area contributed by atoms with Gasteiger partial charge in [0, 0.05) is 23.7 Å². The number of hydrogen-bond acceptors (Lipinski definition) is 0. The fourth-order valence-electron chi connectivity index (χ4n) is 9.11. The lowest BCUT2D eigenvalue weighted by molar-refractivity contribution is 0.558. The molecule has 0 N–H and O–H groups in total. The lowest BCUT2D eigenvalue weighted by Gasteiger charge is -2.38. The van der Waals surface area contributed by atoms with Crippen molar-refractivity contribution >= 4 is 8.07 Å². The first kappa shape index (κ1) is 62.3. The van der Waals surface area contributed by atoms with Crippen molar-refractivity contribution in [1.82, 2.24) is 0 Å². The number of hydrogen-bond donors (Lipinski definition) is 0. The molecule has 3 aromatic rings. The summed E-state index contributed by atoms with van der Waals surface area (Å²) >= 11 is 0. The summed E-state index contributed by atoms with van der Waals surface area (Å²) in [5.41, 5.74) is 14.4. The molecule has 0 amide bonds. The second-order valence-electron chi connectivity index (χ2n) is 26.8. The van der Waals surface area contributed by atoms with Crippen LogP contribution in [0.3, 0.4) is 0 Å². The van der Waals surface area contributed by atoms with Crippen LogP contribution in [0.1, 0.15) is 216 Å². The Balaban J connectivity index is 2.24. The van der Waals surface area contributed by atoms with E-state index in [1.807, 2.05) is 0 Å². The largest absolute Gasteiger partial charge is 0.147 e. The normalized spacial score (nSPS) is 11.5. The summed E-state index contributed by atoms with van der Waals surface area (Å²) in [6, 6.07) is 21.6. The van der Waals surface area contributed by atoms with Crippen molar-refractivity contribution in [2.45, 2.75) is 221 Å². The predicted molar refractivity (Wildman–Crippen MR) is 328 cm³/mol. The zero-order valence-corrected chi connectivity index (χ0v) is 51.4. The van der Waals surface area contributed by atoms with Crippen molar-refractivity contribution < 1.29 is 0 Å². The Morgan fingerprint density at radius 1 is 0.240 bits per heavy atom. The van der Waals surface area contributed by atoms with Crippen LogP contribution in [0.2, 0.25) is 16.6 Å². The van der Waals surface area contributed by atoms with Crippen molar-refractivity contribution in [2.75, 3.05) is 0 Å². The van der Waals surface area contributed by atoms with Crippen LogP contribution in [-0.2, 0) is 37.9 Å². The maximum Gasteiger partial charge on any atom is 0.147 e. The second kappa shape index (κ2) is 25.0. The summed E-state index contributed by atoms with van der Waals surface area (Å²) in [6.45, 7) is 55.1. The van der Waals surface area contributed by atoms with E-state index in [1.165, 1.54) is 33.4 Å². The molecule has 3 aromatic carbocycles. The topological polar surface area (TPSA) is 0 Å². The lowest BCUT2D eigenvalue weighted by atomic mass is 9.64. The monoisotopic (exact) mass is 1000 g/mol. The third-order valence-corrected chi connectivity index (χ3v) is 20.2. The summed E-state index contributed by atoms with van der Waals surface area (Å²) in [5, 5.41) is 0. The first-order valence-electron chi connectivity index (χ1n) is 26.5. The van der Waals surface area contributed by atoms with Crippen LogP contribution >= 0.6 is 0 Å². The van der Waals surface area contributed by atoms with E-state index in [9.17, 15) is 0 Å². The third-order valence-electron chi connectivity index (χ3n) is 13.9. The highest BCUT2D eigenvalue weighted by Crippen LogP contribution is 2.47. The molecule has 384 valence electrons. The van der Waals surface area contributed by atoms with Gasteiger partial charge in [0.15, 0.2) is 0 Å². The van der Waals surface area contributed by atoms with Gasteiger partial charge < -0.3 is 0 Å². The van der Waals surface area contributed by atoms with Gasteiger partial charge in [-0.15, -0.1) is 5.54 Å². The van der Waals surface area contributed by atoms with E-state index >= 15 is 0 Å². The Kier molecular flexibility index (Phi) is 20.8. The molecule has 0 aromatic heterocycles. The Labute approximate surface area is 460 Å². The van der Waals surface area contributed by atoms with Gasteiger partial charge in [0.2, 0.25) is 0 Å². The molecule has 0 spiro atoms. The zero-order valence-electron chi connectivity index (χ0n) is 50.4. The molecule has 0 aliphatic heterocycles.